The lowest BCUT2D eigenvalue weighted by Crippen LogP contribution is -2.30. The van der Waals surface area contributed by atoms with Crippen LogP contribution in [0.5, 0.6) is 0 Å². The van der Waals surface area contributed by atoms with E-state index < -0.39 is 23.9 Å². The van der Waals surface area contributed by atoms with Gasteiger partial charge in [-0.05, 0) is 12.1 Å². The zero-order chi connectivity index (χ0) is 23.6. The predicted molar refractivity (Wildman–Crippen MR) is 98.1 cm³/mol. The molecular formula is C17H18F6N6O2. The standard InChI is InChI=1S/C15H17F3N6.C2HF3O2/c1-8-7-24(13-9(15(16,17)18)3-2-5-21-13)6-4-10-11(8)12(19)23-14(20)22-10;3-2(4,5)1(6)7/h2-3,5,8H,4,6-7H2,1H3,(H4,19,20,22,23);(H,6,7). The topological polar surface area (TPSA) is 131 Å². The predicted octanol–water partition coefficient (Wildman–Crippen LogP) is 2.85. The number of nitrogens with zero attached hydrogens (tertiary/aromatic N) is 4. The van der Waals surface area contributed by atoms with E-state index in [1.165, 1.54) is 12.3 Å². The maximum absolute atomic E-state index is 13.3. The Kier molecular flexibility index (Phi) is 6.81. The van der Waals surface area contributed by atoms with Gasteiger partial charge in [-0.2, -0.15) is 31.3 Å². The number of hydrogen-bond donors (Lipinski definition) is 3. The van der Waals surface area contributed by atoms with E-state index in [4.69, 9.17) is 21.4 Å². The summed E-state index contributed by atoms with van der Waals surface area (Å²) < 4.78 is 71.5. The Balaban J connectivity index is 0.000000423. The summed E-state index contributed by atoms with van der Waals surface area (Å²) in [5, 5.41) is 7.12. The number of nitrogen functional groups attached to an aromatic ring is 2. The number of carboxylic acid groups (broad SMARTS) is 1. The molecule has 1 aliphatic rings. The number of hydrogen-bond acceptors (Lipinski definition) is 7. The van der Waals surface area contributed by atoms with Crippen LogP contribution < -0.4 is 16.4 Å². The number of aromatic nitrogens is 3. The fraction of sp³-hybridized carbons (Fsp3) is 0.412. The lowest BCUT2D eigenvalue weighted by Gasteiger charge is -2.26. The molecule has 5 N–H and O–H groups in total. The number of fused-ring (bicyclic) bond motifs is 1. The SMILES string of the molecule is CC1CN(c2ncccc2C(F)(F)F)CCc2nc(N)nc(N)c21.O=C(O)C(F)(F)F. The molecule has 0 aromatic carbocycles. The van der Waals surface area contributed by atoms with Crippen LogP contribution in [0.4, 0.5) is 43.9 Å². The molecule has 0 bridgehead atoms. The van der Waals surface area contributed by atoms with Gasteiger partial charge in [0, 0.05) is 37.2 Å². The fourth-order valence-corrected chi connectivity index (χ4v) is 3.10. The largest absolute Gasteiger partial charge is 0.490 e. The second-order valence-electron chi connectivity index (χ2n) is 6.60. The highest BCUT2D eigenvalue weighted by molar-refractivity contribution is 5.73. The third-order valence-corrected chi connectivity index (χ3v) is 4.31. The summed E-state index contributed by atoms with van der Waals surface area (Å²) in [7, 11) is 0. The summed E-state index contributed by atoms with van der Waals surface area (Å²) in [5.74, 6) is -2.63. The second kappa shape index (κ2) is 8.81. The third-order valence-electron chi connectivity index (χ3n) is 4.31. The first-order valence-electron chi connectivity index (χ1n) is 8.70. The first-order chi connectivity index (χ1) is 14.2. The Morgan fingerprint density at radius 3 is 2.35 bits per heavy atom. The van der Waals surface area contributed by atoms with Crippen molar-refractivity contribution in [2.75, 3.05) is 29.5 Å². The highest BCUT2D eigenvalue weighted by Crippen LogP contribution is 2.37. The molecule has 1 atom stereocenters. The molecule has 3 rings (SSSR count). The van der Waals surface area contributed by atoms with Crippen molar-refractivity contribution in [1.82, 2.24) is 15.0 Å². The Bertz CT molecular complexity index is 950. The Labute approximate surface area is 171 Å². The first kappa shape index (κ1) is 24.0. The molecule has 1 aliphatic heterocycles. The van der Waals surface area contributed by atoms with E-state index in [2.05, 4.69) is 15.0 Å². The normalized spacial score (nSPS) is 16.6. The highest BCUT2D eigenvalue weighted by atomic mass is 19.4. The van der Waals surface area contributed by atoms with Crippen molar-refractivity contribution in [2.24, 2.45) is 0 Å². The number of carboxylic acids is 1. The maximum Gasteiger partial charge on any atom is 0.490 e. The lowest BCUT2D eigenvalue weighted by atomic mass is 10.00. The summed E-state index contributed by atoms with van der Waals surface area (Å²) in [6.45, 7) is 2.56. The molecule has 0 fully saturated rings. The van der Waals surface area contributed by atoms with Gasteiger partial charge < -0.3 is 21.5 Å². The van der Waals surface area contributed by atoms with Crippen molar-refractivity contribution in [2.45, 2.75) is 31.6 Å². The number of halogens is 6. The van der Waals surface area contributed by atoms with Crippen molar-refractivity contribution in [1.29, 1.82) is 0 Å². The van der Waals surface area contributed by atoms with Gasteiger partial charge >= 0.3 is 18.3 Å². The van der Waals surface area contributed by atoms with Crippen LogP contribution in [0, 0.1) is 0 Å². The Morgan fingerprint density at radius 1 is 1.19 bits per heavy atom. The summed E-state index contributed by atoms with van der Waals surface area (Å²) in [5.41, 5.74) is 12.2. The van der Waals surface area contributed by atoms with Gasteiger partial charge in [0.25, 0.3) is 0 Å². The molecule has 0 radical (unpaired) electrons. The molecule has 0 saturated heterocycles. The van der Waals surface area contributed by atoms with Crippen molar-refractivity contribution in [3.8, 4) is 0 Å². The number of rotatable bonds is 1. The highest BCUT2D eigenvalue weighted by Gasteiger charge is 2.38. The van der Waals surface area contributed by atoms with Crippen LogP contribution >= 0.6 is 0 Å². The van der Waals surface area contributed by atoms with Crippen LogP contribution in [0.15, 0.2) is 18.3 Å². The van der Waals surface area contributed by atoms with Crippen molar-refractivity contribution < 1.29 is 36.2 Å². The lowest BCUT2D eigenvalue weighted by molar-refractivity contribution is -0.192. The monoisotopic (exact) mass is 452 g/mol. The molecule has 0 spiro atoms. The number of alkyl halides is 6. The number of nitrogens with two attached hydrogens (primary N) is 2. The molecule has 2 aromatic rings. The van der Waals surface area contributed by atoms with Crippen LogP contribution in [-0.4, -0.2) is 45.3 Å². The summed E-state index contributed by atoms with van der Waals surface area (Å²) >= 11 is 0. The van der Waals surface area contributed by atoms with E-state index in [1.807, 2.05) is 6.92 Å². The molecule has 2 aromatic heterocycles. The van der Waals surface area contributed by atoms with Crippen molar-refractivity contribution >= 4 is 23.6 Å². The van der Waals surface area contributed by atoms with E-state index in [1.54, 1.807) is 4.90 Å². The molecule has 31 heavy (non-hydrogen) atoms. The average Bonchev–Trinajstić information content (AvgIpc) is 2.79. The van der Waals surface area contributed by atoms with Gasteiger partial charge in [0.2, 0.25) is 5.95 Å². The minimum Gasteiger partial charge on any atom is -0.475 e. The zero-order valence-electron chi connectivity index (χ0n) is 16.0. The quantitative estimate of drug-likeness (QED) is 0.563. The molecule has 170 valence electrons. The van der Waals surface area contributed by atoms with Gasteiger partial charge in [0.15, 0.2) is 0 Å². The van der Waals surface area contributed by atoms with E-state index >= 15 is 0 Å². The smallest absolute Gasteiger partial charge is 0.475 e. The van der Waals surface area contributed by atoms with Gasteiger partial charge in [-0.3, -0.25) is 0 Å². The van der Waals surface area contributed by atoms with Crippen LogP contribution in [0.3, 0.4) is 0 Å². The van der Waals surface area contributed by atoms with E-state index in [0.29, 0.717) is 25.2 Å². The number of pyridine rings is 1. The van der Waals surface area contributed by atoms with Crippen LogP contribution in [0.1, 0.15) is 29.7 Å². The molecule has 0 aliphatic carbocycles. The molecule has 0 amide bonds. The average molecular weight is 452 g/mol. The van der Waals surface area contributed by atoms with E-state index in [-0.39, 0.29) is 23.5 Å². The number of anilines is 3. The molecule has 14 heteroatoms. The van der Waals surface area contributed by atoms with Crippen molar-refractivity contribution in [3.05, 3.63) is 35.2 Å². The molecule has 0 saturated carbocycles. The minimum absolute atomic E-state index is 0.0701. The molecular weight excluding hydrogens is 434 g/mol. The van der Waals surface area contributed by atoms with Crippen molar-refractivity contribution in [3.63, 3.8) is 0 Å². The van der Waals surface area contributed by atoms with Gasteiger partial charge in [-0.1, -0.05) is 6.92 Å². The zero-order valence-corrected chi connectivity index (χ0v) is 16.0. The van der Waals surface area contributed by atoms with Crippen LogP contribution in [0.25, 0.3) is 0 Å². The summed E-state index contributed by atoms with van der Waals surface area (Å²) in [6, 6.07) is 2.32. The Hall–Kier alpha value is -3.32. The summed E-state index contributed by atoms with van der Waals surface area (Å²) in [6.07, 6.45) is -7.76. The van der Waals surface area contributed by atoms with Gasteiger partial charge in [-0.25, -0.2) is 14.8 Å². The molecule has 8 nitrogen and oxygen atoms in total. The fourth-order valence-electron chi connectivity index (χ4n) is 3.10. The minimum atomic E-state index is -5.08. The maximum atomic E-state index is 13.3. The van der Waals surface area contributed by atoms with E-state index in [0.717, 1.165) is 11.6 Å². The molecule has 3 heterocycles. The first-order valence-corrected chi connectivity index (χ1v) is 8.70. The summed E-state index contributed by atoms with van der Waals surface area (Å²) in [4.78, 5) is 22.6. The van der Waals surface area contributed by atoms with Crippen LogP contribution in [-0.2, 0) is 17.4 Å². The molecule has 1 unspecified atom stereocenters. The number of carbonyl (C=O) groups is 1. The van der Waals surface area contributed by atoms with Gasteiger partial charge in [-0.15, -0.1) is 0 Å². The Morgan fingerprint density at radius 2 is 1.81 bits per heavy atom. The van der Waals surface area contributed by atoms with Gasteiger partial charge in [0.1, 0.15) is 11.6 Å². The second-order valence-corrected chi connectivity index (χ2v) is 6.60. The van der Waals surface area contributed by atoms with Crippen LogP contribution in [0.2, 0.25) is 0 Å². The number of aliphatic carboxylic acids is 1. The third kappa shape index (κ3) is 5.86. The van der Waals surface area contributed by atoms with Gasteiger partial charge in [0.05, 0.1) is 11.3 Å². The van der Waals surface area contributed by atoms with E-state index in [9.17, 15) is 26.3 Å².